The van der Waals surface area contributed by atoms with Crippen molar-refractivity contribution in [2.24, 2.45) is 0 Å². The van der Waals surface area contributed by atoms with Gasteiger partial charge in [0.05, 0.1) is 6.61 Å². The van der Waals surface area contributed by atoms with Crippen molar-refractivity contribution in [3.05, 3.63) is 83.7 Å². The summed E-state index contributed by atoms with van der Waals surface area (Å²) in [6.07, 6.45) is 4.75. The van der Waals surface area contributed by atoms with E-state index in [0.29, 0.717) is 19.3 Å². The van der Waals surface area contributed by atoms with E-state index in [1.807, 2.05) is 49.4 Å². The van der Waals surface area contributed by atoms with Crippen LogP contribution in [-0.2, 0) is 6.61 Å². The summed E-state index contributed by atoms with van der Waals surface area (Å²) >= 11 is 0. The van der Waals surface area contributed by atoms with Gasteiger partial charge in [-0.15, -0.1) is 0 Å². The minimum absolute atomic E-state index is 0.241. The standard InChI is InChI=1S/C27H30FNO2/c1-20-26(22-10-12-23(28)13-11-22)17-25(30-16-14-24-9-5-6-15-29-24)18-27(20)31-19-21-7-3-2-4-8-21/h2-4,7-8,10-13,17-18,24,29H,5-6,9,14-16,19H2,1H3. The zero-order valence-electron chi connectivity index (χ0n) is 18.1. The summed E-state index contributed by atoms with van der Waals surface area (Å²) in [6.45, 7) is 4.28. The number of hydrogen-bond donors (Lipinski definition) is 1. The van der Waals surface area contributed by atoms with Crippen LogP contribution in [0.2, 0.25) is 0 Å². The third-order valence-corrected chi connectivity index (χ3v) is 5.87. The Kier molecular flexibility index (Phi) is 7.21. The second-order valence-corrected chi connectivity index (χ2v) is 8.16. The second kappa shape index (κ2) is 10.5. The predicted octanol–water partition coefficient (Wildman–Crippen LogP) is 6.29. The molecule has 0 bridgehead atoms. The van der Waals surface area contributed by atoms with Gasteiger partial charge in [0.15, 0.2) is 0 Å². The molecule has 0 radical (unpaired) electrons. The first-order valence-electron chi connectivity index (χ1n) is 11.1. The van der Waals surface area contributed by atoms with E-state index in [0.717, 1.165) is 46.7 Å². The van der Waals surface area contributed by atoms with Crippen LogP contribution in [0.25, 0.3) is 11.1 Å². The zero-order valence-corrected chi connectivity index (χ0v) is 18.1. The van der Waals surface area contributed by atoms with E-state index >= 15 is 0 Å². The molecule has 3 aromatic carbocycles. The monoisotopic (exact) mass is 419 g/mol. The van der Waals surface area contributed by atoms with Crippen molar-refractivity contribution in [2.75, 3.05) is 13.2 Å². The molecule has 3 aromatic rings. The molecule has 1 atom stereocenters. The number of rotatable bonds is 8. The molecule has 1 aliphatic rings. The summed E-state index contributed by atoms with van der Waals surface area (Å²) in [5.41, 5.74) is 4.07. The zero-order chi connectivity index (χ0) is 21.5. The van der Waals surface area contributed by atoms with E-state index in [-0.39, 0.29) is 5.82 Å². The normalized spacial score (nSPS) is 16.1. The molecule has 1 aliphatic heterocycles. The van der Waals surface area contributed by atoms with Crippen LogP contribution in [0.5, 0.6) is 11.5 Å². The van der Waals surface area contributed by atoms with Gasteiger partial charge < -0.3 is 14.8 Å². The lowest BCUT2D eigenvalue weighted by molar-refractivity contribution is 0.264. The van der Waals surface area contributed by atoms with Crippen molar-refractivity contribution in [1.82, 2.24) is 5.32 Å². The Morgan fingerprint density at radius 1 is 0.968 bits per heavy atom. The molecule has 1 saturated heterocycles. The molecule has 4 rings (SSSR count). The van der Waals surface area contributed by atoms with E-state index in [9.17, 15) is 4.39 Å². The Morgan fingerprint density at radius 3 is 2.52 bits per heavy atom. The quantitative estimate of drug-likeness (QED) is 0.465. The van der Waals surface area contributed by atoms with Gasteiger partial charge in [-0.3, -0.25) is 0 Å². The number of nitrogens with one attached hydrogen (secondary N) is 1. The van der Waals surface area contributed by atoms with Gasteiger partial charge in [-0.25, -0.2) is 4.39 Å². The summed E-state index contributed by atoms with van der Waals surface area (Å²) < 4.78 is 25.8. The Morgan fingerprint density at radius 2 is 1.77 bits per heavy atom. The molecule has 1 N–H and O–H groups in total. The smallest absolute Gasteiger partial charge is 0.127 e. The number of halogens is 1. The molecule has 1 unspecified atom stereocenters. The molecule has 3 nitrogen and oxygen atoms in total. The predicted molar refractivity (Wildman–Crippen MR) is 123 cm³/mol. The largest absolute Gasteiger partial charge is 0.493 e. The molecular formula is C27H30FNO2. The lowest BCUT2D eigenvalue weighted by atomic mass is 9.99. The van der Waals surface area contributed by atoms with Gasteiger partial charge >= 0.3 is 0 Å². The molecule has 0 aromatic heterocycles. The SMILES string of the molecule is Cc1c(OCc2ccccc2)cc(OCCC2CCCCN2)cc1-c1ccc(F)cc1. The minimum Gasteiger partial charge on any atom is -0.493 e. The molecule has 0 aliphatic carbocycles. The average molecular weight is 420 g/mol. The molecular weight excluding hydrogens is 389 g/mol. The Hall–Kier alpha value is -2.85. The fourth-order valence-electron chi connectivity index (χ4n) is 4.05. The third-order valence-electron chi connectivity index (χ3n) is 5.87. The van der Waals surface area contributed by atoms with E-state index in [4.69, 9.17) is 9.47 Å². The molecule has 1 heterocycles. The molecule has 0 spiro atoms. The lowest BCUT2D eigenvalue weighted by Crippen LogP contribution is -2.35. The molecule has 4 heteroatoms. The topological polar surface area (TPSA) is 30.5 Å². The fraction of sp³-hybridized carbons (Fsp3) is 0.333. The van der Waals surface area contributed by atoms with Gasteiger partial charge in [0.1, 0.15) is 23.9 Å². The Bertz CT molecular complexity index is 967. The molecule has 0 saturated carbocycles. The van der Waals surface area contributed by atoms with Crippen molar-refractivity contribution in [3.63, 3.8) is 0 Å². The summed E-state index contributed by atoms with van der Waals surface area (Å²) in [7, 11) is 0. The highest BCUT2D eigenvalue weighted by Crippen LogP contribution is 2.35. The van der Waals surface area contributed by atoms with Gasteiger partial charge in [-0.05, 0) is 73.2 Å². The lowest BCUT2D eigenvalue weighted by Gasteiger charge is -2.23. The first-order chi connectivity index (χ1) is 15.2. The van der Waals surface area contributed by atoms with Gasteiger partial charge in [0, 0.05) is 12.1 Å². The highest BCUT2D eigenvalue weighted by Gasteiger charge is 2.14. The number of benzene rings is 3. The Balaban J connectivity index is 1.54. The van der Waals surface area contributed by atoms with Crippen LogP contribution in [0, 0.1) is 12.7 Å². The van der Waals surface area contributed by atoms with Crippen LogP contribution < -0.4 is 14.8 Å². The number of ether oxygens (including phenoxy) is 2. The van der Waals surface area contributed by atoms with E-state index < -0.39 is 0 Å². The van der Waals surface area contributed by atoms with Gasteiger partial charge in [-0.2, -0.15) is 0 Å². The maximum atomic E-state index is 13.5. The van der Waals surface area contributed by atoms with Crippen molar-refractivity contribution in [3.8, 4) is 22.6 Å². The third kappa shape index (κ3) is 5.86. The van der Waals surface area contributed by atoms with E-state index in [1.54, 1.807) is 12.1 Å². The van der Waals surface area contributed by atoms with E-state index in [2.05, 4.69) is 5.32 Å². The van der Waals surface area contributed by atoms with Gasteiger partial charge in [0.2, 0.25) is 0 Å². The van der Waals surface area contributed by atoms with Crippen LogP contribution in [0.15, 0.2) is 66.7 Å². The van der Waals surface area contributed by atoms with Gasteiger partial charge in [0.25, 0.3) is 0 Å². The average Bonchev–Trinajstić information content (AvgIpc) is 2.81. The van der Waals surface area contributed by atoms with Gasteiger partial charge in [-0.1, -0.05) is 48.9 Å². The summed E-state index contributed by atoms with van der Waals surface area (Å²) in [6, 6.07) is 21.2. The maximum absolute atomic E-state index is 13.5. The number of piperidine rings is 1. The molecule has 31 heavy (non-hydrogen) atoms. The minimum atomic E-state index is -0.241. The van der Waals surface area contributed by atoms with Crippen LogP contribution in [0.3, 0.4) is 0 Å². The van der Waals surface area contributed by atoms with Crippen molar-refractivity contribution < 1.29 is 13.9 Å². The summed E-state index contributed by atoms with van der Waals surface area (Å²) in [5, 5.41) is 3.57. The second-order valence-electron chi connectivity index (χ2n) is 8.16. The molecule has 162 valence electrons. The van der Waals surface area contributed by atoms with Crippen LogP contribution in [-0.4, -0.2) is 19.2 Å². The fourth-order valence-corrected chi connectivity index (χ4v) is 4.05. The first kappa shape index (κ1) is 21.4. The number of hydrogen-bond acceptors (Lipinski definition) is 3. The highest BCUT2D eigenvalue weighted by molar-refractivity contribution is 5.71. The maximum Gasteiger partial charge on any atom is 0.127 e. The van der Waals surface area contributed by atoms with Crippen LogP contribution in [0.1, 0.15) is 36.8 Å². The van der Waals surface area contributed by atoms with Crippen molar-refractivity contribution >= 4 is 0 Å². The summed E-state index contributed by atoms with van der Waals surface area (Å²) in [4.78, 5) is 0. The summed E-state index contributed by atoms with van der Waals surface area (Å²) in [5.74, 6) is 1.33. The van der Waals surface area contributed by atoms with Crippen LogP contribution >= 0.6 is 0 Å². The first-order valence-corrected chi connectivity index (χ1v) is 11.1. The molecule has 1 fully saturated rings. The van der Waals surface area contributed by atoms with E-state index in [1.165, 1.54) is 31.4 Å². The highest BCUT2D eigenvalue weighted by atomic mass is 19.1. The van der Waals surface area contributed by atoms with Crippen molar-refractivity contribution in [2.45, 2.75) is 45.3 Å². The van der Waals surface area contributed by atoms with Crippen molar-refractivity contribution in [1.29, 1.82) is 0 Å². The Labute approximate surface area is 184 Å². The molecule has 0 amide bonds. The van der Waals surface area contributed by atoms with Crippen LogP contribution in [0.4, 0.5) is 4.39 Å².